The third-order valence-electron chi connectivity index (χ3n) is 4.47. The van der Waals surface area contributed by atoms with Gasteiger partial charge in [-0.25, -0.2) is 5.10 Å². The van der Waals surface area contributed by atoms with Crippen molar-refractivity contribution in [2.75, 3.05) is 5.75 Å². The Balaban J connectivity index is 1.70. The Morgan fingerprint density at radius 1 is 1.36 bits per heavy atom. The van der Waals surface area contributed by atoms with Gasteiger partial charge in [-0.3, -0.25) is 9.00 Å². The van der Waals surface area contributed by atoms with Gasteiger partial charge in [0.05, 0.1) is 5.25 Å². The SMILES string of the molecule is CCS(=O)C1CCCCC1NC(=O)c1ccc(-c2n[nH]c(=S)o2)cc1. The lowest BCUT2D eigenvalue weighted by molar-refractivity contribution is 0.0929. The lowest BCUT2D eigenvalue weighted by Crippen LogP contribution is -2.47. The third kappa shape index (κ3) is 4.24. The van der Waals surface area contributed by atoms with Crippen LogP contribution in [0, 0.1) is 4.84 Å². The monoisotopic (exact) mass is 379 g/mol. The van der Waals surface area contributed by atoms with E-state index in [1.807, 2.05) is 6.92 Å². The highest BCUT2D eigenvalue weighted by Crippen LogP contribution is 2.24. The molecule has 3 unspecified atom stereocenters. The molecular formula is C17H21N3O3S2. The number of carbonyl (C=O) groups is 1. The van der Waals surface area contributed by atoms with Crippen molar-refractivity contribution in [1.82, 2.24) is 15.5 Å². The van der Waals surface area contributed by atoms with Crippen LogP contribution in [0.1, 0.15) is 43.0 Å². The van der Waals surface area contributed by atoms with Crippen LogP contribution in [0.4, 0.5) is 0 Å². The molecule has 3 atom stereocenters. The first-order valence-electron chi connectivity index (χ1n) is 8.42. The number of amides is 1. The first-order valence-corrected chi connectivity index (χ1v) is 10.2. The molecule has 0 saturated heterocycles. The summed E-state index contributed by atoms with van der Waals surface area (Å²) < 4.78 is 17.5. The fourth-order valence-electron chi connectivity index (χ4n) is 3.16. The van der Waals surface area contributed by atoms with Crippen molar-refractivity contribution >= 4 is 28.9 Å². The maximum absolute atomic E-state index is 12.5. The van der Waals surface area contributed by atoms with Crippen LogP contribution in [-0.4, -0.2) is 37.4 Å². The van der Waals surface area contributed by atoms with Crippen molar-refractivity contribution in [3.63, 3.8) is 0 Å². The van der Waals surface area contributed by atoms with Crippen LogP contribution in [0.25, 0.3) is 11.5 Å². The second-order valence-electron chi connectivity index (χ2n) is 6.07. The second kappa shape index (κ2) is 8.05. The first kappa shape index (κ1) is 18.0. The van der Waals surface area contributed by atoms with Gasteiger partial charge in [0, 0.05) is 33.7 Å². The number of nitrogens with one attached hydrogen (secondary N) is 2. The van der Waals surface area contributed by atoms with E-state index in [0.29, 0.717) is 17.2 Å². The Morgan fingerprint density at radius 2 is 2.08 bits per heavy atom. The van der Waals surface area contributed by atoms with E-state index in [0.717, 1.165) is 31.2 Å². The van der Waals surface area contributed by atoms with E-state index in [-0.39, 0.29) is 22.0 Å². The van der Waals surface area contributed by atoms with E-state index in [1.54, 1.807) is 24.3 Å². The molecule has 1 fully saturated rings. The van der Waals surface area contributed by atoms with Crippen molar-refractivity contribution in [3.8, 4) is 11.5 Å². The minimum Gasteiger partial charge on any atom is -0.409 e. The predicted octanol–water partition coefficient (Wildman–Crippen LogP) is 3.21. The zero-order valence-corrected chi connectivity index (χ0v) is 15.6. The molecule has 1 aliphatic carbocycles. The lowest BCUT2D eigenvalue weighted by Gasteiger charge is -2.31. The highest BCUT2D eigenvalue weighted by molar-refractivity contribution is 7.85. The van der Waals surface area contributed by atoms with Gasteiger partial charge in [-0.15, -0.1) is 5.10 Å². The summed E-state index contributed by atoms with van der Waals surface area (Å²) in [6, 6.07) is 6.97. The Morgan fingerprint density at radius 3 is 2.72 bits per heavy atom. The summed E-state index contributed by atoms with van der Waals surface area (Å²) in [6.07, 6.45) is 3.93. The first-order chi connectivity index (χ1) is 12.1. The van der Waals surface area contributed by atoms with Crippen molar-refractivity contribution in [1.29, 1.82) is 0 Å². The van der Waals surface area contributed by atoms with Crippen LogP contribution in [-0.2, 0) is 10.8 Å². The molecular weight excluding hydrogens is 358 g/mol. The van der Waals surface area contributed by atoms with Gasteiger partial charge in [0.15, 0.2) is 0 Å². The van der Waals surface area contributed by atoms with Crippen molar-refractivity contribution in [3.05, 3.63) is 34.7 Å². The number of hydrogen-bond donors (Lipinski definition) is 2. The Kier molecular flexibility index (Phi) is 5.80. The molecule has 0 bridgehead atoms. The van der Waals surface area contributed by atoms with E-state index in [9.17, 15) is 9.00 Å². The Hall–Kier alpha value is -1.80. The molecule has 1 amide bonds. The maximum Gasteiger partial charge on any atom is 0.284 e. The van der Waals surface area contributed by atoms with Crippen molar-refractivity contribution in [2.24, 2.45) is 0 Å². The number of aromatic amines is 1. The van der Waals surface area contributed by atoms with Crippen LogP contribution < -0.4 is 5.32 Å². The summed E-state index contributed by atoms with van der Waals surface area (Å²) >= 11 is 4.86. The van der Waals surface area contributed by atoms with Gasteiger partial charge in [-0.2, -0.15) is 0 Å². The largest absolute Gasteiger partial charge is 0.409 e. The van der Waals surface area contributed by atoms with E-state index < -0.39 is 10.8 Å². The molecule has 3 rings (SSSR count). The Bertz CT molecular complexity index is 813. The molecule has 134 valence electrons. The standard InChI is InChI=1S/C17H21N3O3S2/c1-2-25(22)14-6-4-3-5-13(14)18-15(21)11-7-9-12(10-8-11)16-19-20-17(24)23-16/h7-10,13-14H,2-6H2,1H3,(H,18,21)(H,20,24). The number of nitrogens with zero attached hydrogens (tertiary/aromatic N) is 1. The van der Waals surface area contributed by atoms with Crippen molar-refractivity contribution < 1.29 is 13.4 Å². The summed E-state index contributed by atoms with van der Waals surface area (Å²) in [5.41, 5.74) is 1.30. The number of H-pyrrole nitrogens is 1. The molecule has 6 nitrogen and oxygen atoms in total. The molecule has 1 aliphatic rings. The van der Waals surface area contributed by atoms with Gasteiger partial charge < -0.3 is 9.73 Å². The van der Waals surface area contributed by atoms with E-state index in [4.69, 9.17) is 16.6 Å². The summed E-state index contributed by atoms with van der Waals surface area (Å²) in [5, 5.41) is 9.65. The van der Waals surface area contributed by atoms with Gasteiger partial charge in [-0.1, -0.05) is 19.8 Å². The number of benzene rings is 1. The maximum atomic E-state index is 12.5. The van der Waals surface area contributed by atoms with Gasteiger partial charge in [0.2, 0.25) is 5.89 Å². The molecule has 2 N–H and O–H groups in total. The molecule has 25 heavy (non-hydrogen) atoms. The second-order valence-corrected chi connectivity index (χ2v) is 8.38. The van der Waals surface area contributed by atoms with Crippen LogP contribution in [0.5, 0.6) is 0 Å². The topological polar surface area (TPSA) is 88.0 Å². The van der Waals surface area contributed by atoms with Gasteiger partial charge >= 0.3 is 0 Å². The molecule has 2 aromatic rings. The minimum atomic E-state index is -0.891. The minimum absolute atomic E-state index is 0.0224. The molecule has 0 aliphatic heterocycles. The average Bonchev–Trinajstić information content (AvgIpc) is 3.08. The molecule has 1 aromatic carbocycles. The zero-order valence-electron chi connectivity index (χ0n) is 14.0. The number of hydrogen-bond acceptors (Lipinski definition) is 5. The van der Waals surface area contributed by atoms with Gasteiger partial charge in [-0.05, 0) is 49.3 Å². The summed E-state index contributed by atoms with van der Waals surface area (Å²) in [6.45, 7) is 1.93. The van der Waals surface area contributed by atoms with Crippen LogP contribution >= 0.6 is 12.2 Å². The summed E-state index contributed by atoms with van der Waals surface area (Å²) in [5.74, 6) is 0.881. The smallest absolute Gasteiger partial charge is 0.284 e. The normalized spacial score (nSPS) is 21.6. The van der Waals surface area contributed by atoms with E-state index in [2.05, 4.69) is 15.5 Å². The lowest BCUT2D eigenvalue weighted by atomic mass is 9.94. The molecule has 8 heteroatoms. The molecule has 0 radical (unpaired) electrons. The summed E-state index contributed by atoms with van der Waals surface area (Å²) in [4.78, 5) is 12.8. The van der Waals surface area contributed by atoms with E-state index in [1.165, 1.54) is 0 Å². The van der Waals surface area contributed by atoms with Gasteiger partial charge in [0.25, 0.3) is 10.7 Å². The highest BCUT2D eigenvalue weighted by atomic mass is 32.2. The number of rotatable bonds is 5. The van der Waals surface area contributed by atoms with Crippen LogP contribution in [0.15, 0.2) is 28.7 Å². The zero-order chi connectivity index (χ0) is 17.8. The van der Waals surface area contributed by atoms with Crippen LogP contribution in [0.2, 0.25) is 0 Å². The fraction of sp³-hybridized carbons (Fsp3) is 0.471. The fourth-order valence-corrected chi connectivity index (χ4v) is 4.71. The van der Waals surface area contributed by atoms with Crippen LogP contribution in [0.3, 0.4) is 0 Å². The molecule has 1 aromatic heterocycles. The quantitative estimate of drug-likeness (QED) is 0.779. The average molecular weight is 380 g/mol. The molecule has 1 saturated carbocycles. The number of aromatic nitrogens is 2. The Labute approximate surface area is 153 Å². The predicted molar refractivity (Wildman–Crippen MR) is 99.3 cm³/mol. The van der Waals surface area contributed by atoms with E-state index >= 15 is 0 Å². The molecule has 0 spiro atoms. The third-order valence-corrected chi connectivity index (χ3v) is 6.46. The van der Waals surface area contributed by atoms with Gasteiger partial charge in [0.1, 0.15) is 0 Å². The summed E-state index contributed by atoms with van der Waals surface area (Å²) in [7, 11) is -0.891. The highest BCUT2D eigenvalue weighted by Gasteiger charge is 2.30. The molecule has 1 heterocycles. The van der Waals surface area contributed by atoms with Crippen molar-refractivity contribution in [2.45, 2.75) is 43.9 Å². The number of carbonyl (C=O) groups excluding carboxylic acids is 1.